The fourth-order valence-corrected chi connectivity index (χ4v) is 3.02. The highest BCUT2D eigenvalue weighted by Gasteiger charge is 2.16. The molecule has 0 saturated carbocycles. The number of hydrogen-bond donors (Lipinski definition) is 1. The van der Waals surface area contributed by atoms with Crippen LogP contribution in [-0.4, -0.2) is 16.1 Å². The molecule has 0 unspecified atom stereocenters. The van der Waals surface area contributed by atoms with Crippen molar-refractivity contribution in [1.82, 2.24) is 4.98 Å². The molecule has 0 radical (unpaired) electrons. The number of carboxylic acid groups (broad SMARTS) is 1. The van der Waals surface area contributed by atoms with E-state index in [1.807, 2.05) is 31.2 Å². The van der Waals surface area contributed by atoms with Gasteiger partial charge in [-0.15, -0.1) is 11.3 Å². The highest BCUT2D eigenvalue weighted by Crippen LogP contribution is 2.35. The summed E-state index contributed by atoms with van der Waals surface area (Å²) in [4.78, 5) is 15.1. The van der Waals surface area contributed by atoms with Gasteiger partial charge in [0.1, 0.15) is 16.4 Å². The summed E-state index contributed by atoms with van der Waals surface area (Å²) < 4.78 is 5.69. The van der Waals surface area contributed by atoms with Gasteiger partial charge in [0.05, 0.1) is 17.7 Å². The summed E-state index contributed by atoms with van der Waals surface area (Å²) in [5.41, 5.74) is 2.36. The number of hydrogen-bond acceptors (Lipinski definition) is 4. The van der Waals surface area contributed by atoms with Gasteiger partial charge in [-0.1, -0.05) is 18.2 Å². The first-order chi connectivity index (χ1) is 9.15. The molecule has 0 saturated heterocycles. The highest BCUT2D eigenvalue weighted by molar-refractivity contribution is 7.13. The molecule has 3 rings (SSSR count). The van der Waals surface area contributed by atoms with E-state index in [0.29, 0.717) is 5.69 Å². The number of aliphatic carboxylic acids is 1. The molecule has 0 aliphatic heterocycles. The van der Waals surface area contributed by atoms with Crippen LogP contribution in [0.3, 0.4) is 0 Å². The molecule has 96 valence electrons. The third-order valence-corrected chi connectivity index (χ3v) is 3.78. The van der Waals surface area contributed by atoms with Crippen LogP contribution in [0.4, 0.5) is 0 Å². The van der Waals surface area contributed by atoms with Gasteiger partial charge in [0.25, 0.3) is 0 Å². The zero-order valence-electron chi connectivity index (χ0n) is 10.2. The van der Waals surface area contributed by atoms with Gasteiger partial charge >= 0.3 is 5.97 Å². The molecule has 0 spiro atoms. The molecule has 0 amide bonds. The standard InChI is InChI=1S/C14H11NO3S/c1-8-13(10-4-2-3-5-11(10)18-8)14-15-9(7-19-14)6-12(16)17/h2-5,7H,6H2,1H3,(H,16,17). The third-order valence-electron chi connectivity index (χ3n) is 2.87. The fourth-order valence-electron chi connectivity index (χ4n) is 2.09. The van der Waals surface area contributed by atoms with E-state index in [9.17, 15) is 4.79 Å². The lowest BCUT2D eigenvalue weighted by Gasteiger charge is -1.94. The number of aryl methyl sites for hydroxylation is 1. The van der Waals surface area contributed by atoms with Gasteiger partial charge in [-0.25, -0.2) is 4.98 Å². The number of benzene rings is 1. The molecule has 2 heterocycles. The van der Waals surface area contributed by atoms with Crippen molar-refractivity contribution < 1.29 is 14.3 Å². The minimum Gasteiger partial charge on any atom is -0.481 e. The lowest BCUT2D eigenvalue weighted by atomic mass is 10.1. The number of nitrogens with zero attached hydrogens (tertiary/aromatic N) is 1. The van der Waals surface area contributed by atoms with Crippen LogP contribution < -0.4 is 0 Å². The first-order valence-electron chi connectivity index (χ1n) is 5.80. The minimum absolute atomic E-state index is 0.0503. The molecule has 3 aromatic rings. The van der Waals surface area contributed by atoms with Crippen LogP contribution in [0.25, 0.3) is 21.5 Å². The summed E-state index contributed by atoms with van der Waals surface area (Å²) in [6.45, 7) is 1.90. The summed E-state index contributed by atoms with van der Waals surface area (Å²) >= 11 is 1.44. The van der Waals surface area contributed by atoms with Crippen LogP contribution in [0, 0.1) is 6.92 Å². The number of rotatable bonds is 3. The Morgan fingerprint density at radius 1 is 1.42 bits per heavy atom. The monoisotopic (exact) mass is 273 g/mol. The maximum Gasteiger partial charge on any atom is 0.309 e. The largest absolute Gasteiger partial charge is 0.481 e. The second-order valence-electron chi connectivity index (χ2n) is 4.24. The second kappa shape index (κ2) is 4.51. The lowest BCUT2D eigenvalue weighted by Crippen LogP contribution is -1.99. The van der Waals surface area contributed by atoms with Crippen LogP contribution in [0.5, 0.6) is 0 Å². The maximum absolute atomic E-state index is 10.7. The number of carbonyl (C=O) groups is 1. The second-order valence-corrected chi connectivity index (χ2v) is 5.10. The normalized spacial score (nSPS) is 11.0. The van der Waals surface area contributed by atoms with E-state index >= 15 is 0 Å². The summed E-state index contributed by atoms with van der Waals surface area (Å²) in [6.07, 6.45) is -0.0503. The Morgan fingerprint density at radius 3 is 3.00 bits per heavy atom. The van der Waals surface area contributed by atoms with Crippen LogP contribution in [0.15, 0.2) is 34.1 Å². The van der Waals surface area contributed by atoms with Gasteiger partial charge in [-0.3, -0.25) is 4.79 Å². The molecule has 0 bridgehead atoms. The fraction of sp³-hybridized carbons (Fsp3) is 0.143. The third kappa shape index (κ3) is 2.13. The van der Waals surface area contributed by atoms with E-state index in [1.54, 1.807) is 5.38 Å². The smallest absolute Gasteiger partial charge is 0.309 e. The number of para-hydroxylation sites is 1. The van der Waals surface area contributed by atoms with Crippen molar-refractivity contribution in [1.29, 1.82) is 0 Å². The molecule has 1 N–H and O–H groups in total. The Bertz CT molecular complexity index is 757. The predicted octanol–water partition coefficient (Wildman–Crippen LogP) is 3.49. The summed E-state index contributed by atoms with van der Waals surface area (Å²) in [6, 6.07) is 7.77. The van der Waals surface area contributed by atoms with Crippen LogP contribution in [-0.2, 0) is 11.2 Å². The molecular formula is C14H11NO3S. The number of aromatic nitrogens is 1. The Hall–Kier alpha value is -2.14. The number of furan rings is 1. The molecule has 1 aromatic carbocycles. The highest BCUT2D eigenvalue weighted by atomic mass is 32.1. The number of thiazole rings is 1. The van der Waals surface area contributed by atoms with Crippen molar-refractivity contribution in [3.05, 3.63) is 41.1 Å². The minimum atomic E-state index is -0.870. The van der Waals surface area contributed by atoms with Crippen molar-refractivity contribution in [3.8, 4) is 10.6 Å². The zero-order chi connectivity index (χ0) is 13.4. The molecule has 19 heavy (non-hydrogen) atoms. The summed E-state index contributed by atoms with van der Waals surface area (Å²) in [7, 11) is 0. The van der Waals surface area contributed by atoms with Crippen LogP contribution >= 0.6 is 11.3 Å². The average molecular weight is 273 g/mol. The molecule has 0 atom stereocenters. The summed E-state index contributed by atoms with van der Waals surface area (Å²) in [5, 5.41) is 12.4. The molecular weight excluding hydrogens is 262 g/mol. The van der Waals surface area contributed by atoms with Crippen LogP contribution in [0.1, 0.15) is 11.5 Å². The van der Waals surface area contributed by atoms with E-state index in [-0.39, 0.29) is 6.42 Å². The molecule has 5 heteroatoms. The molecule has 0 aliphatic rings. The van der Waals surface area contributed by atoms with Crippen molar-refractivity contribution in [2.45, 2.75) is 13.3 Å². The summed E-state index contributed by atoms with van der Waals surface area (Å²) in [5.74, 6) is -0.0666. The Morgan fingerprint density at radius 2 is 2.21 bits per heavy atom. The number of fused-ring (bicyclic) bond motifs is 1. The van der Waals surface area contributed by atoms with Gasteiger partial charge in [-0.05, 0) is 13.0 Å². The van der Waals surface area contributed by atoms with E-state index in [0.717, 1.165) is 27.3 Å². The number of carboxylic acids is 1. The van der Waals surface area contributed by atoms with Gasteiger partial charge in [0, 0.05) is 10.8 Å². The van der Waals surface area contributed by atoms with Crippen molar-refractivity contribution in [2.24, 2.45) is 0 Å². The first kappa shape index (κ1) is 11.9. The first-order valence-corrected chi connectivity index (χ1v) is 6.68. The maximum atomic E-state index is 10.7. The molecule has 0 fully saturated rings. The zero-order valence-corrected chi connectivity index (χ0v) is 11.0. The van der Waals surface area contributed by atoms with Crippen LogP contribution in [0.2, 0.25) is 0 Å². The van der Waals surface area contributed by atoms with E-state index in [1.165, 1.54) is 11.3 Å². The van der Waals surface area contributed by atoms with Crippen molar-refractivity contribution >= 4 is 28.3 Å². The molecule has 0 aliphatic carbocycles. The van der Waals surface area contributed by atoms with Crippen molar-refractivity contribution in [3.63, 3.8) is 0 Å². The Kier molecular flexibility index (Phi) is 2.83. The van der Waals surface area contributed by atoms with E-state index < -0.39 is 5.97 Å². The van der Waals surface area contributed by atoms with E-state index in [4.69, 9.17) is 9.52 Å². The van der Waals surface area contributed by atoms with E-state index in [2.05, 4.69) is 4.98 Å². The lowest BCUT2D eigenvalue weighted by molar-refractivity contribution is -0.136. The van der Waals surface area contributed by atoms with Gasteiger partial charge in [0.2, 0.25) is 0 Å². The van der Waals surface area contributed by atoms with Gasteiger partial charge in [0.15, 0.2) is 0 Å². The topological polar surface area (TPSA) is 63.3 Å². The molecule has 4 nitrogen and oxygen atoms in total. The van der Waals surface area contributed by atoms with Gasteiger partial charge in [-0.2, -0.15) is 0 Å². The SMILES string of the molecule is Cc1oc2ccccc2c1-c1nc(CC(=O)O)cs1. The quantitative estimate of drug-likeness (QED) is 0.793. The Labute approximate surface area is 113 Å². The molecule has 2 aromatic heterocycles. The van der Waals surface area contributed by atoms with Gasteiger partial charge < -0.3 is 9.52 Å². The predicted molar refractivity (Wildman–Crippen MR) is 73.4 cm³/mol. The average Bonchev–Trinajstić information content (AvgIpc) is 2.91. The van der Waals surface area contributed by atoms with Crippen molar-refractivity contribution in [2.75, 3.05) is 0 Å². The Balaban J connectivity index is 2.11.